The van der Waals surface area contributed by atoms with Crippen LogP contribution in [0.4, 0.5) is 0 Å². The van der Waals surface area contributed by atoms with Gasteiger partial charge >= 0.3 is 5.97 Å². The van der Waals surface area contributed by atoms with Crippen LogP contribution in [0.25, 0.3) is 0 Å². The third-order valence-corrected chi connectivity index (χ3v) is 3.99. The maximum absolute atomic E-state index is 12.5. The Hall–Kier alpha value is -1.63. The molecule has 0 fully saturated rings. The van der Waals surface area contributed by atoms with Gasteiger partial charge in [0.1, 0.15) is 6.54 Å². The maximum Gasteiger partial charge on any atom is 0.325 e. The average molecular weight is 357 g/mol. The van der Waals surface area contributed by atoms with Gasteiger partial charge in [-0.05, 0) is 18.2 Å². The summed E-state index contributed by atoms with van der Waals surface area (Å²) in [5.41, 5.74) is 0.963. The average Bonchev–Trinajstić information content (AvgIpc) is 2.59. The summed E-state index contributed by atoms with van der Waals surface area (Å²) in [5.74, 6) is -0.597. The minimum atomic E-state index is -0.450. The van der Waals surface area contributed by atoms with Crippen LogP contribution in [-0.4, -0.2) is 68.7 Å². The summed E-state index contributed by atoms with van der Waals surface area (Å²) >= 11 is 6.18. The minimum Gasteiger partial charge on any atom is -0.468 e. The molecule has 0 aromatic heterocycles. The predicted molar refractivity (Wildman–Crippen MR) is 92.9 cm³/mol. The second-order valence-corrected chi connectivity index (χ2v) is 5.69. The van der Waals surface area contributed by atoms with Gasteiger partial charge in [0.15, 0.2) is 0 Å². The number of hydrogen-bond donors (Lipinski definition) is 0. The molecule has 0 heterocycles. The van der Waals surface area contributed by atoms with E-state index in [9.17, 15) is 9.59 Å². The van der Waals surface area contributed by atoms with Crippen LogP contribution < -0.4 is 0 Å². The van der Waals surface area contributed by atoms with Crippen LogP contribution in [-0.2, 0) is 25.6 Å². The number of rotatable bonds is 10. The van der Waals surface area contributed by atoms with E-state index in [1.165, 1.54) is 12.0 Å². The molecule has 0 aliphatic carbocycles. The second-order valence-electron chi connectivity index (χ2n) is 5.28. The predicted octanol–water partition coefficient (Wildman–Crippen LogP) is 1.81. The number of amides is 1. The lowest BCUT2D eigenvalue weighted by Gasteiger charge is -2.26. The summed E-state index contributed by atoms with van der Waals surface area (Å²) in [6.45, 7) is 4.05. The zero-order chi connectivity index (χ0) is 17.9. The molecular formula is C17H25ClN2O4. The van der Waals surface area contributed by atoms with Crippen LogP contribution >= 0.6 is 11.6 Å². The van der Waals surface area contributed by atoms with Gasteiger partial charge in [-0.15, -0.1) is 0 Å². The van der Waals surface area contributed by atoms with Gasteiger partial charge in [0.05, 0.1) is 20.3 Å². The fourth-order valence-corrected chi connectivity index (χ4v) is 2.35. The molecule has 0 bridgehead atoms. The normalized spacial score (nSPS) is 10.7. The molecule has 0 aliphatic heterocycles. The first-order chi connectivity index (χ1) is 11.5. The standard InChI is InChI=1S/C17H25ClN2O4/c1-4-19(11-14-7-5-6-8-15(14)18)12-16(21)20(9-10-23-2)13-17(22)24-3/h5-8H,4,9-13H2,1-3H3. The Balaban J connectivity index is 2.70. The second kappa shape index (κ2) is 11.0. The molecule has 0 aliphatic rings. The fourth-order valence-electron chi connectivity index (χ4n) is 2.15. The van der Waals surface area contributed by atoms with Crippen molar-refractivity contribution in [2.24, 2.45) is 0 Å². The maximum atomic E-state index is 12.5. The Bertz CT molecular complexity index is 539. The molecule has 134 valence electrons. The molecule has 1 aromatic carbocycles. The summed E-state index contributed by atoms with van der Waals surface area (Å²) in [7, 11) is 2.85. The number of benzene rings is 1. The van der Waals surface area contributed by atoms with E-state index in [0.29, 0.717) is 31.3 Å². The van der Waals surface area contributed by atoms with E-state index >= 15 is 0 Å². The van der Waals surface area contributed by atoms with Crippen molar-refractivity contribution in [2.45, 2.75) is 13.5 Å². The largest absolute Gasteiger partial charge is 0.468 e. The van der Waals surface area contributed by atoms with E-state index in [0.717, 1.165) is 5.56 Å². The summed E-state index contributed by atoms with van der Waals surface area (Å²) in [6.07, 6.45) is 0. The van der Waals surface area contributed by atoms with E-state index in [1.54, 1.807) is 7.11 Å². The van der Waals surface area contributed by atoms with Crippen LogP contribution in [0.3, 0.4) is 0 Å². The third kappa shape index (κ3) is 6.86. The number of likely N-dealkylation sites (N-methyl/N-ethyl adjacent to an activating group) is 1. The van der Waals surface area contributed by atoms with Gasteiger partial charge in [-0.3, -0.25) is 14.5 Å². The lowest BCUT2D eigenvalue weighted by Crippen LogP contribution is -2.44. The lowest BCUT2D eigenvalue weighted by atomic mass is 10.2. The summed E-state index contributed by atoms with van der Waals surface area (Å²) in [4.78, 5) is 27.4. The van der Waals surface area contributed by atoms with Crippen molar-refractivity contribution in [1.82, 2.24) is 9.80 Å². The molecule has 1 rings (SSSR count). The molecule has 0 saturated heterocycles. The first-order valence-electron chi connectivity index (χ1n) is 7.81. The highest BCUT2D eigenvalue weighted by Gasteiger charge is 2.20. The van der Waals surface area contributed by atoms with Gasteiger partial charge < -0.3 is 14.4 Å². The van der Waals surface area contributed by atoms with E-state index < -0.39 is 5.97 Å². The Morgan fingerprint density at radius 3 is 2.46 bits per heavy atom. The topological polar surface area (TPSA) is 59.1 Å². The zero-order valence-corrected chi connectivity index (χ0v) is 15.2. The number of carbonyl (C=O) groups excluding carboxylic acids is 2. The van der Waals surface area contributed by atoms with Crippen LogP contribution in [0.2, 0.25) is 5.02 Å². The molecule has 0 spiro atoms. The Labute approximate surface area is 148 Å². The molecule has 1 aromatic rings. The molecule has 7 heteroatoms. The van der Waals surface area contributed by atoms with Crippen molar-refractivity contribution in [3.8, 4) is 0 Å². The smallest absolute Gasteiger partial charge is 0.325 e. The van der Waals surface area contributed by atoms with Gasteiger partial charge in [-0.2, -0.15) is 0 Å². The zero-order valence-electron chi connectivity index (χ0n) is 14.5. The molecular weight excluding hydrogens is 332 g/mol. The number of nitrogens with zero attached hydrogens (tertiary/aromatic N) is 2. The number of halogens is 1. The Morgan fingerprint density at radius 1 is 1.17 bits per heavy atom. The highest BCUT2D eigenvalue weighted by atomic mass is 35.5. The SMILES string of the molecule is CCN(CC(=O)N(CCOC)CC(=O)OC)Cc1ccccc1Cl. The van der Waals surface area contributed by atoms with Gasteiger partial charge in [-0.1, -0.05) is 36.7 Å². The monoisotopic (exact) mass is 356 g/mol. The fraction of sp³-hybridized carbons (Fsp3) is 0.529. The highest BCUT2D eigenvalue weighted by molar-refractivity contribution is 6.31. The Kier molecular flexibility index (Phi) is 9.37. The van der Waals surface area contributed by atoms with Crippen molar-refractivity contribution < 1.29 is 19.1 Å². The molecule has 0 saturated carbocycles. The summed E-state index contributed by atoms with van der Waals surface area (Å²) in [5, 5.41) is 0.675. The van der Waals surface area contributed by atoms with Gasteiger partial charge in [0, 0.05) is 25.2 Å². The number of carbonyl (C=O) groups is 2. The van der Waals surface area contributed by atoms with Crippen molar-refractivity contribution in [1.29, 1.82) is 0 Å². The van der Waals surface area contributed by atoms with E-state index in [4.69, 9.17) is 16.3 Å². The van der Waals surface area contributed by atoms with Crippen LogP contribution in [0.5, 0.6) is 0 Å². The third-order valence-electron chi connectivity index (χ3n) is 3.62. The van der Waals surface area contributed by atoms with Crippen LogP contribution in [0.15, 0.2) is 24.3 Å². The number of esters is 1. The molecule has 24 heavy (non-hydrogen) atoms. The number of methoxy groups -OCH3 is 2. The molecule has 0 radical (unpaired) electrons. The Morgan fingerprint density at radius 2 is 1.88 bits per heavy atom. The minimum absolute atomic E-state index is 0.0810. The summed E-state index contributed by atoms with van der Waals surface area (Å²) < 4.78 is 9.65. The van der Waals surface area contributed by atoms with Crippen LogP contribution in [0, 0.1) is 0 Å². The number of ether oxygens (including phenoxy) is 2. The molecule has 6 nitrogen and oxygen atoms in total. The van der Waals surface area contributed by atoms with Gasteiger partial charge in [0.2, 0.25) is 5.91 Å². The highest BCUT2D eigenvalue weighted by Crippen LogP contribution is 2.17. The van der Waals surface area contributed by atoms with Crippen molar-refractivity contribution in [2.75, 3.05) is 47.0 Å². The quantitative estimate of drug-likeness (QED) is 0.598. The number of hydrogen-bond acceptors (Lipinski definition) is 5. The van der Waals surface area contributed by atoms with Gasteiger partial charge in [-0.25, -0.2) is 0 Å². The van der Waals surface area contributed by atoms with Crippen molar-refractivity contribution >= 4 is 23.5 Å². The molecule has 1 amide bonds. The first-order valence-corrected chi connectivity index (χ1v) is 8.18. The van der Waals surface area contributed by atoms with Gasteiger partial charge in [0.25, 0.3) is 0 Å². The van der Waals surface area contributed by atoms with Crippen molar-refractivity contribution in [3.05, 3.63) is 34.9 Å². The van der Waals surface area contributed by atoms with Crippen molar-refractivity contribution in [3.63, 3.8) is 0 Å². The van der Waals surface area contributed by atoms with E-state index in [2.05, 4.69) is 4.74 Å². The first kappa shape index (κ1) is 20.4. The van der Waals surface area contributed by atoms with E-state index in [1.807, 2.05) is 36.1 Å². The molecule has 0 N–H and O–H groups in total. The van der Waals surface area contributed by atoms with Crippen LogP contribution in [0.1, 0.15) is 12.5 Å². The molecule has 0 atom stereocenters. The molecule has 0 unspecified atom stereocenters. The lowest BCUT2D eigenvalue weighted by molar-refractivity contribution is -0.147. The van der Waals surface area contributed by atoms with E-state index in [-0.39, 0.29) is 19.0 Å². The summed E-state index contributed by atoms with van der Waals surface area (Å²) in [6, 6.07) is 7.55.